The van der Waals surface area contributed by atoms with Crippen molar-refractivity contribution in [2.75, 3.05) is 46.4 Å². The highest BCUT2D eigenvalue weighted by Gasteiger charge is 2.31. The highest BCUT2D eigenvalue weighted by atomic mass is 35.5. The van der Waals surface area contributed by atoms with Crippen LogP contribution >= 0.6 is 12.4 Å². The van der Waals surface area contributed by atoms with Crippen molar-refractivity contribution in [1.82, 2.24) is 15.1 Å². The minimum absolute atomic E-state index is 0. The molecule has 1 N–H and O–H groups in total. The van der Waals surface area contributed by atoms with Crippen LogP contribution in [-0.2, 0) is 9.59 Å². The topological polar surface area (TPSA) is 71.1 Å². The molecule has 1 fully saturated rings. The number of halogens is 1. The van der Waals surface area contributed by atoms with Crippen LogP contribution in [0.25, 0.3) is 0 Å². The maximum Gasteiger partial charge on any atom is 0.267 e. The molecule has 7 nitrogen and oxygen atoms in total. The monoisotopic (exact) mass is 355 g/mol. The number of hydrogen-bond acceptors (Lipinski definition) is 5. The molecule has 24 heavy (non-hydrogen) atoms. The van der Waals surface area contributed by atoms with Gasteiger partial charge in [-0.2, -0.15) is 0 Å². The summed E-state index contributed by atoms with van der Waals surface area (Å²) in [4.78, 5) is 27.9. The molecule has 2 aliphatic rings. The van der Waals surface area contributed by atoms with Gasteiger partial charge in [-0.1, -0.05) is 12.1 Å². The Morgan fingerprint density at radius 1 is 1.25 bits per heavy atom. The lowest BCUT2D eigenvalue weighted by Gasteiger charge is -2.31. The first-order valence-corrected chi connectivity index (χ1v) is 7.77. The fraction of sp³-hybridized carbons (Fsp3) is 0.500. The molecular formula is C16H22ClN3O4. The average molecular weight is 356 g/mol. The number of carbonyl (C=O) groups is 2. The van der Waals surface area contributed by atoms with E-state index in [1.165, 1.54) is 4.90 Å². The molecule has 2 heterocycles. The zero-order chi connectivity index (χ0) is 16.2. The number of fused-ring (bicyclic) bond motifs is 1. The van der Waals surface area contributed by atoms with Crippen molar-refractivity contribution in [3.63, 3.8) is 0 Å². The second-order valence-electron chi connectivity index (χ2n) is 5.69. The van der Waals surface area contributed by atoms with E-state index in [1.807, 2.05) is 12.1 Å². The average Bonchev–Trinajstić information content (AvgIpc) is 2.61. The first-order valence-electron chi connectivity index (χ1n) is 7.77. The fourth-order valence-corrected chi connectivity index (χ4v) is 2.68. The predicted molar refractivity (Wildman–Crippen MR) is 90.7 cm³/mol. The first-order chi connectivity index (χ1) is 11.1. The van der Waals surface area contributed by atoms with Crippen molar-refractivity contribution in [2.45, 2.75) is 6.10 Å². The molecule has 0 aliphatic carbocycles. The molecular weight excluding hydrogens is 334 g/mol. The van der Waals surface area contributed by atoms with Crippen molar-refractivity contribution in [3.8, 4) is 11.5 Å². The number of carbonyl (C=O) groups excluding carboxylic acids is 2. The number of rotatable bonds is 3. The van der Waals surface area contributed by atoms with Gasteiger partial charge in [0.25, 0.3) is 5.91 Å². The molecule has 0 saturated carbocycles. The van der Waals surface area contributed by atoms with Gasteiger partial charge in [0.15, 0.2) is 11.5 Å². The van der Waals surface area contributed by atoms with Crippen molar-refractivity contribution in [3.05, 3.63) is 24.3 Å². The Kier molecular flexibility index (Phi) is 6.28. The molecule has 1 atom stereocenters. The van der Waals surface area contributed by atoms with E-state index in [4.69, 9.17) is 9.47 Å². The van der Waals surface area contributed by atoms with Gasteiger partial charge in [0.2, 0.25) is 12.0 Å². The molecule has 0 aromatic heterocycles. The largest absolute Gasteiger partial charge is 0.485 e. The standard InChI is InChI=1S/C16H21N3O4.ClH/c1-18(10-15(20)19-8-6-17-7-9-19)16(21)14-11-22-12-4-2-3-5-13(12)23-14;/h2-5,14,17H,6-11H2,1H3;1H. The normalized spacial score (nSPS) is 19.2. The molecule has 1 unspecified atom stereocenters. The Bertz CT molecular complexity index is 592. The molecule has 2 amide bonds. The molecule has 1 aromatic carbocycles. The third-order valence-electron chi connectivity index (χ3n) is 4.00. The van der Waals surface area contributed by atoms with E-state index in [0.29, 0.717) is 24.6 Å². The SMILES string of the molecule is CN(CC(=O)N1CCNCC1)C(=O)C1COc2ccccc2O1.Cl. The first kappa shape index (κ1) is 18.4. The zero-order valence-electron chi connectivity index (χ0n) is 13.6. The molecule has 2 aliphatic heterocycles. The number of para-hydroxylation sites is 2. The molecule has 0 radical (unpaired) electrons. The third-order valence-corrected chi connectivity index (χ3v) is 4.00. The Morgan fingerprint density at radius 2 is 1.92 bits per heavy atom. The van der Waals surface area contributed by atoms with Crippen LogP contribution in [0.3, 0.4) is 0 Å². The number of hydrogen-bond donors (Lipinski definition) is 1. The highest BCUT2D eigenvalue weighted by Crippen LogP contribution is 2.31. The third kappa shape index (κ3) is 4.10. The molecule has 1 saturated heterocycles. The lowest BCUT2D eigenvalue weighted by molar-refractivity contribution is -0.145. The number of likely N-dealkylation sites (N-methyl/N-ethyl adjacent to an activating group) is 1. The van der Waals surface area contributed by atoms with Gasteiger partial charge >= 0.3 is 0 Å². The smallest absolute Gasteiger partial charge is 0.267 e. The summed E-state index contributed by atoms with van der Waals surface area (Å²) in [6, 6.07) is 7.24. The molecule has 8 heteroatoms. The molecule has 0 bridgehead atoms. The quantitative estimate of drug-likeness (QED) is 0.835. The summed E-state index contributed by atoms with van der Waals surface area (Å²) < 4.78 is 11.2. The number of piperazine rings is 1. The summed E-state index contributed by atoms with van der Waals surface area (Å²) in [7, 11) is 1.62. The van der Waals surface area contributed by atoms with E-state index in [-0.39, 0.29) is 37.4 Å². The fourth-order valence-electron chi connectivity index (χ4n) is 2.68. The summed E-state index contributed by atoms with van der Waals surface area (Å²) in [6.07, 6.45) is -0.717. The summed E-state index contributed by atoms with van der Waals surface area (Å²) in [5.41, 5.74) is 0. The Balaban J connectivity index is 0.00000208. The lowest BCUT2D eigenvalue weighted by Crippen LogP contribution is -2.52. The minimum Gasteiger partial charge on any atom is -0.485 e. The van der Waals surface area contributed by atoms with Crippen LogP contribution in [0.5, 0.6) is 11.5 Å². The van der Waals surface area contributed by atoms with Crippen molar-refractivity contribution in [2.24, 2.45) is 0 Å². The van der Waals surface area contributed by atoms with Gasteiger partial charge in [0.1, 0.15) is 6.61 Å². The maximum absolute atomic E-state index is 12.5. The van der Waals surface area contributed by atoms with Crippen LogP contribution in [0, 0.1) is 0 Å². The van der Waals surface area contributed by atoms with E-state index < -0.39 is 6.10 Å². The molecule has 132 valence electrons. The van der Waals surface area contributed by atoms with E-state index in [9.17, 15) is 9.59 Å². The van der Waals surface area contributed by atoms with Gasteiger partial charge in [-0.05, 0) is 12.1 Å². The minimum atomic E-state index is -0.717. The summed E-state index contributed by atoms with van der Waals surface area (Å²) in [6.45, 7) is 3.15. The molecule has 1 aromatic rings. The number of benzene rings is 1. The molecule has 0 spiro atoms. The van der Waals surface area contributed by atoms with Crippen LogP contribution in [0.2, 0.25) is 0 Å². The van der Waals surface area contributed by atoms with E-state index >= 15 is 0 Å². The summed E-state index contributed by atoms with van der Waals surface area (Å²) in [5.74, 6) is 0.900. The van der Waals surface area contributed by atoms with Crippen molar-refractivity contribution in [1.29, 1.82) is 0 Å². The highest BCUT2D eigenvalue weighted by molar-refractivity contribution is 5.87. The van der Waals surface area contributed by atoms with Crippen LogP contribution in [0.1, 0.15) is 0 Å². The van der Waals surface area contributed by atoms with Gasteiger partial charge in [-0.3, -0.25) is 9.59 Å². The number of nitrogens with one attached hydrogen (secondary N) is 1. The van der Waals surface area contributed by atoms with Gasteiger partial charge in [0.05, 0.1) is 6.54 Å². The van der Waals surface area contributed by atoms with Gasteiger partial charge < -0.3 is 24.6 Å². The Morgan fingerprint density at radius 3 is 2.62 bits per heavy atom. The van der Waals surface area contributed by atoms with E-state index in [1.54, 1.807) is 24.1 Å². The van der Waals surface area contributed by atoms with Crippen molar-refractivity contribution >= 4 is 24.2 Å². The maximum atomic E-state index is 12.5. The van der Waals surface area contributed by atoms with Gasteiger partial charge in [0, 0.05) is 33.2 Å². The second-order valence-corrected chi connectivity index (χ2v) is 5.69. The number of ether oxygens (including phenoxy) is 2. The van der Waals surface area contributed by atoms with E-state index in [2.05, 4.69) is 5.32 Å². The van der Waals surface area contributed by atoms with Gasteiger partial charge in [-0.15, -0.1) is 12.4 Å². The van der Waals surface area contributed by atoms with Crippen LogP contribution in [0.15, 0.2) is 24.3 Å². The van der Waals surface area contributed by atoms with Crippen LogP contribution in [-0.4, -0.2) is 74.1 Å². The van der Waals surface area contributed by atoms with Crippen LogP contribution in [0.4, 0.5) is 0 Å². The summed E-state index contributed by atoms with van der Waals surface area (Å²) in [5, 5.41) is 3.20. The zero-order valence-corrected chi connectivity index (χ0v) is 14.4. The van der Waals surface area contributed by atoms with Gasteiger partial charge in [-0.25, -0.2) is 0 Å². The molecule has 3 rings (SSSR count). The number of amides is 2. The Labute approximate surface area is 147 Å². The summed E-state index contributed by atoms with van der Waals surface area (Å²) >= 11 is 0. The Hall–Kier alpha value is -1.99. The van der Waals surface area contributed by atoms with Crippen molar-refractivity contribution < 1.29 is 19.1 Å². The number of nitrogens with zero attached hydrogens (tertiary/aromatic N) is 2. The lowest BCUT2D eigenvalue weighted by atomic mass is 10.2. The predicted octanol–water partition coefficient (Wildman–Crippen LogP) is 0.138. The van der Waals surface area contributed by atoms with E-state index in [0.717, 1.165) is 13.1 Å². The van der Waals surface area contributed by atoms with Crippen LogP contribution < -0.4 is 14.8 Å². The second kappa shape index (κ2) is 8.21.